The summed E-state index contributed by atoms with van der Waals surface area (Å²) in [4.78, 5) is 0.969. The van der Waals surface area contributed by atoms with Crippen LogP contribution in [0.5, 0.6) is 0 Å². The highest BCUT2D eigenvalue weighted by Gasteiger charge is 2.17. The van der Waals surface area contributed by atoms with Gasteiger partial charge in [-0.25, -0.2) is 0 Å². The lowest BCUT2D eigenvalue weighted by molar-refractivity contribution is 0.142. The van der Waals surface area contributed by atoms with Crippen molar-refractivity contribution in [1.29, 1.82) is 0 Å². The van der Waals surface area contributed by atoms with E-state index in [1.54, 1.807) is 0 Å². The van der Waals surface area contributed by atoms with Crippen LogP contribution in [0.3, 0.4) is 0 Å². The molecule has 1 rings (SSSR count). The first-order valence-electron chi connectivity index (χ1n) is 6.21. The van der Waals surface area contributed by atoms with Crippen LogP contribution in [0.15, 0.2) is 10.5 Å². The minimum atomic E-state index is -0.370. The SMILES string of the molecule is CCCCC(CC)CC(O)c1cc(Br)c(Cl)s1. The number of aliphatic hydroxyl groups excluding tert-OH is 1. The van der Waals surface area contributed by atoms with E-state index in [2.05, 4.69) is 29.8 Å². The van der Waals surface area contributed by atoms with Crippen molar-refractivity contribution in [3.63, 3.8) is 0 Å². The molecule has 0 radical (unpaired) electrons. The van der Waals surface area contributed by atoms with E-state index in [1.807, 2.05) is 6.07 Å². The van der Waals surface area contributed by atoms with Gasteiger partial charge >= 0.3 is 0 Å². The van der Waals surface area contributed by atoms with Gasteiger partial charge in [0.15, 0.2) is 0 Å². The van der Waals surface area contributed by atoms with Gasteiger partial charge in [-0.15, -0.1) is 11.3 Å². The predicted molar refractivity (Wildman–Crippen MR) is 79.9 cm³/mol. The highest BCUT2D eigenvalue weighted by molar-refractivity contribution is 9.10. The summed E-state index contributed by atoms with van der Waals surface area (Å²) in [5, 5.41) is 10.2. The minimum absolute atomic E-state index is 0.370. The van der Waals surface area contributed by atoms with E-state index in [0.717, 1.165) is 26.5 Å². The van der Waals surface area contributed by atoms with E-state index in [9.17, 15) is 5.11 Å². The molecule has 2 atom stereocenters. The Labute approximate surface area is 121 Å². The lowest BCUT2D eigenvalue weighted by atomic mass is 9.93. The molecule has 98 valence electrons. The van der Waals surface area contributed by atoms with Crippen molar-refractivity contribution in [2.45, 2.75) is 52.1 Å². The average molecular weight is 340 g/mol. The Hall–Kier alpha value is 0.430. The van der Waals surface area contributed by atoms with E-state index in [-0.39, 0.29) is 6.10 Å². The molecular weight excluding hydrogens is 320 g/mol. The highest BCUT2D eigenvalue weighted by atomic mass is 79.9. The second-order valence-corrected chi connectivity index (χ2v) is 6.98. The van der Waals surface area contributed by atoms with Gasteiger partial charge in [-0.1, -0.05) is 51.1 Å². The molecular formula is C13H20BrClOS. The topological polar surface area (TPSA) is 20.2 Å². The number of rotatable bonds is 7. The maximum Gasteiger partial charge on any atom is 0.107 e. The molecule has 0 spiro atoms. The second-order valence-electron chi connectivity index (χ2n) is 4.44. The van der Waals surface area contributed by atoms with Crippen molar-refractivity contribution < 1.29 is 5.11 Å². The van der Waals surface area contributed by atoms with E-state index in [4.69, 9.17) is 11.6 Å². The predicted octanol–water partition coefficient (Wildman–Crippen LogP) is 5.80. The second kappa shape index (κ2) is 7.78. The van der Waals surface area contributed by atoms with Gasteiger partial charge in [-0.05, 0) is 34.3 Å². The maximum atomic E-state index is 10.2. The van der Waals surface area contributed by atoms with Gasteiger partial charge in [0.25, 0.3) is 0 Å². The molecule has 4 heteroatoms. The van der Waals surface area contributed by atoms with Crippen molar-refractivity contribution in [2.75, 3.05) is 0 Å². The van der Waals surface area contributed by atoms with Gasteiger partial charge < -0.3 is 5.11 Å². The molecule has 17 heavy (non-hydrogen) atoms. The zero-order chi connectivity index (χ0) is 12.8. The summed E-state index contributed by atoms with van der Waals surface area (Å²) in [5.41, 5.74) is 0. The fourth-order valence-electron chi connectivity index (χ4n) is 1.94. The summed E-state index contributed by atoms with van der Waals surface area (Å²) < 4.78 is 1.61. The molecule has 0 fully saturated rings. The number of unbranched alkanes of at least 4 members (excludes halogenated alkanes) is 1. The molecule has 0 saturated carbocycles. The van der Waals surface area contributed by atoms with Gasteiger partial charge in [0.2, 0.25) is 0 Å². The van der Waals surface area contributed by atoms with E-state index < -0.39 is 0 Å². The Balaban J connectivity index is 2.54. The van der Waals surface area contributed by atoms with E-state index >= 15 is 0 Å². The van der Waals surface area contributed by atoms with E-state index in [1.165, 1.54) is 30.6 Å². The number of aliphatic hydroxyl groups is 1. The van der Waals surface area contributed by atoms with Gasteiger partial charge in [0.05, 0.1) is 6.10 Å². The van der Waals surface area contributed by atoms with Crippen LogP contribution in [0.1, 0.15) is 56.9 Å². The van der Waals surface area contributed by atoms with Crippen LogP contribution in [0, 0.1) is 5.92 Å². The Kier molecular flexibility index (Phi) is 7.08. The first-order valence-corrected chi connectivity index (χ1v) is 8.20. The van der Waals surface area contributed by atoms with Gasteiger partial charge in [0.1, 0.15) is 4.34 Å². The lowest BCUT2D eigenvalue weighted by Crippen LogP contribution is -2.05. The molecule has 0 aliphatic rings. The number of halogens is 2. The van der Waals surface area contributed by atoms with Crippen LogP contribution < -0.4 is 0 Å². The quantitative estimate of drug-likeness (QED) is 0.665. The van der Waals surface area contributed by atoms with E-state index in [0.29, 0.717) is 5.92 Å². The van der Waals surface area contributed by atoms with Gasteiger partial charge in [0, 0.05) is 9.35 Å². The molecule has 1 nitrogen and oxygen atoms in total. The standard InChI is InChI=1S/C13H20BrClOS/c1-3-5-6-9(4-2)7-11(16)12-8-10(14)13(15)17-12/h8-9,11,16H,3-7H2,1-2H3. The molecule has 1 heterocycles. The lowest BCUT2D eigenvalue weighted by Gasteiger charge is -2.17. The monoisotopic (exact) mass is 338 g/mol. The summed E-state index contributed by atoms with van der Waals surface area (Å²) in [6, 6.07) is 1.93. The van der Waals surface area contributed by atoms with Crippen molar-refractivity contribution in [3.05, 3.63) is 19.8 Å². The molecule has 1 aromatic rings. The van der Waals surface area contributed by atoms with Crippen molar-refractivity contribution in [2.24, 2.45) is 5.92 Å². The maximum absolute atomic E-state index is 10.2. The smallest absolute Gasteiger partial charge is 0.107 e. The third kappa shape index (κ3) is 4.90. The fourth-order valence-corrected chi connectivity index (χ4v) is 3.68. The number of hydrogen-bond acceptors (Lipinski definition) is 2. The molecule has 0 saturated heterocycles. The molecule has 1 aromatic heterocycles. The average Bonchev–Trinajstić information content (AvgIpc) is 2.65. The van der Waals surface area contributed by atoms with Crippen LogP contribution in [0.2, 0.25) is 4.34 Å². The molecule has 0 aliphatic carbocycles. The Morgan fingerprint density at radius 1 is 1.47 bits per heavy atom. The van der Waals surface area contributed by atoms with Gasteiger partial charge in [-0.2, -0.15) is 0 Å². The third-order valence-corrected chi connectivity index (χ3v) is 5.67. The molecule has 0 bridgehead atoms. The van der Waals surface area contributed by atoms with Crippen LogP contribution in [-0.4, -0.2) is 5.11 Å². The van der Waals surface area contributed by atoms with Crippen LogP contribution >= 0.6 is 38.9 Å². The van der Waals surface area contributed by atoms with Crippen LogP contribution in [0.25, 0.3) is 0 Å². The molecule has 0 aliphatic heterocycles. The van der Waals surface area contributed by atoms with Gasteiger partial charge in [-0.3, -0.25) is 0 Å². The van der Waals surface area contributed by atoms with Crippen molar-refractivity contribution in [3.8, 4) is 0 Å². The van der Waals surface area contributed by atoms with Crippen LogP contribution in [0.4, 0.5) is 0 Å². The molecule has 0 amide bonds. The highest BCUT2D eigenvalue weighted by Crippen LogP contribution is 2.37. The molecule has 2 unspecified atom stereocenters. The summed E-state index contributed by atoms with van der Waals surface area (Å²) in [7, 11) is 0. The summed E-state index contributed by atoms with van der Waals surface area (Å²) in [6.45, 7) is 4.41. The summed E-state index contributed by atoms with van der Waals surface area (Å²) in [5.74, 6) is 0.615. The Bertz CT molecular complexity index is 321. The zero-order valence-corrected chi connectivity index (χ0v) is 13.5. The molecule has 1 N–H and O–H groups in total. The number of hydrogen-bond donors (Lipinski definition) is 1. The zero-order valence-electron chi connectivity index (χ0n) is 10.4. The largest absolute Gasteiger partial charge is 0.388 e. The summed E-state index contributed by atoms with van der Waals surface area (Å²) in [6.07, 6.45) is 5.30. The first kappa shape index (κ1) is 15.5. The number of thiophene rings is 1. The Morgan fingerprint density at radius 3 is 2.65 bits per heavy atom. The van der Waals surface area contributed by atoms with Crippen molar-refractivity contribution in [1.82, 2.24) is 0 Å². The first-order chi connectivity index (χ1) is 8.08. The fraction of sp³-hybridized carbons (Fsp3) is 0.692. The normalized spacial score (nSPS) is 14.9. The molecule has 0 aromatic carbocycles. The summed E-state index contributed by atoms with van der Waals surface area (Å²) >= 11 is 10.8. The van der Waals surface area contributed by atoms with Crippen molar-refractivity contribution >= 4 is 38.9 Å². The van der Waals surface area contributed by atoms with Crippen LogP contribution in [-0.2, 0) is 0 Å². The third-order valence-electron chi connectivity index (χ3n) is 3.09. The minimum Gasteiger partial charge on any atom is -0.388 e. The Morgan fingerprint density at radius 2 is 2.18 bits per heavy atom.